The molecule has 0 saturated heterocycles. The van der Waals surface area contributed by atoms with Gasteiger partial charge in [0, 0.05) is 9.88 Å². The number of amides is 1. The number of nitrogens with zero attached hydrogens (tertiary/aromatic N) is 2. The van der Waals surface area contributed by atoms with Gasteiger partial charge in [0.25, 0.3) is 0 Å². The molecule has 0 spiro atoms. The summed E-state index contributed by atoms with van der Waals surface area (Å²) in [6, 6.07) is 9.50. The fraction of sp³-hybridized carbons (Fsp3) is 0.412. The van der Waals surface area contributed by atoms with Crippen molar-refractivity contribution in [1.82, 2.24) is 9.36 Å². The molecule has 2 aromatic rings. The number of thiol groups is 1. The van der Waals surface area contributed by atoms with Gasteiger partial charge in [-0.25, -0.2) is 4.98 Å². The van der Waals surface area contributed by atoms with E-state index in [1.165, 1.54) is 11.5 Å². The zero-order valence-electron chi connectivity index (χ0n) is 13.6. The Morgan fingerprint density at radius 3 is 2.67 bits per heavy atom. The Balaban J connectivity index is 1.97. The largest absolute Gasteiger partial charge is 0.325 e. The predicted molar refractivity (Wildman–Crippen MR) is 107 cm³/mol. The number of aromatic nitrogens is 2. The van der Waals surface area contributed by atoms with Gasteiger partial charge >= 0.3 is 0 Å². The Labute approximate surface area is 157 Å². The number of hydrogen-bond donors (Lipinski definition) is 2. The minimum atomic E-state index is -0.264. The van der Waals surface area contributed by atoms with Crippen molar-refractivity contribution in [2.75, 3.05) is 5.32 Å². The van der Waals surface area contributed by atoms with Gasteiger partial charge in [0.2, 0.25) is 5.91 Å². The number of carbonyl (C=O) groups is 1. The molecule has 1 N–H and O–H groups in total. The summed E-state index contributed by atoms with van der Waals surface area (Å²) in [7, 11) is 0. The van der Waals surface area contributed by atoms with Gasteiger partial charge in [-0.15, -0.1) is 12.6 Å². The molecular formula is C17H21N3OS3. The highest BCUT2D eigenvalue weighted by Crippen LogP contribution is 2.26. The summed E-state index contributed by atoms with van der Waals surface area (Å²) in [6.45, 7) is 1.85. The van der Waals surface area contributed by atoms with E-state index in [4.69, 9.17) is 12.2 Å². The fourth-order valence-electron chi connectivity index (χ4n) is 2.37. The smallest absolute Gasteiger partial charge is 0.234 e. The lowest BCUT2D eigenvalue weighted by Crippen LogP contribution is -2.21. The van der Waals surface area contributed by atoms with Crippen molar-refractivity contribution >= 4 is 52.2 Å². The van der Waals surface area contributed by atoms with Gasteiger partial charge in [0.15, 0.2) is 0 Å². The molecule has 0 aliphatic carbocycles. The summed E-state index contributed by atoms with van der Waals surface area (Å²) in [5.74, 6) is 0.425. The van der Waals surface area contributed by atoms with E-state index in [0.29, 0.717) is 5.82 Å². The lowest BCUT2D eigenvalue weighted by molar-refractivity contribution is -0.117. The van der Waals surface area contributed by atoms with Crippen LogP contribution >= 0.6 is 36.4 Å². The highest BCUT2D eigenvalue weighted by Gasteiger charge is 2.24. The number of rotatable bonds is 9. The first-order valence-corrected chi connectivity index (χ1v) is 9.57. The molecule has 0 aliphatic rings. The number of hydrogen-bond acceptors (Lipinski definition) is 5. The van der Waals surface area contributed by atoms with Crippen LogP contribution in [0.2, 0.25) is 0 Å². The third-order valence-corrected chi connectivity index (χ3v) is 4.93. The number of aryl methyl sites for hydroxylation is 1. The summed E-state index contributed by atoms with van der Waals surface area (Å²) >= 11 is 10.4. The highest BCUT2D eigenvalue weighted by atomic mass is 32.1. The molecule has 1 heterocycles. The number of para-hydroxylation sites is 1. The number of thiocarbonyl (C=S) groups is 1. The van der Waals surface area contributed by atoms with Crippen molar-refractivity contribution in [2.24, 2.45) is 0 Å². The van der Waals surface area contributed by atoms with Gasteiger partial charge in [-0.1, -0.05) is 43.3 Å². The Bertz CT molecular complexity index is 673. The van der Waals surface area contributed by atoms with Crippen LogP contribution in [0.4, 0.5) is 5.69 Å². The Hall–Kier alpha value is -1.31. The quantitative estimate of drug-likeness (QED) is 0.374. The van der Waals surface area contributed by atoms with E-state index in [0.717, 1.165) is 47.0 Å². The maximum Gasteiger partial charge on any atom is 0.234 e. The molecule has 1 atom stereocenters. The molecule has 1 amide bonds. The summed E-state index contributed by atoms with van der Waals surface area (Å²) in [6.07, 6.45) is 4.57. The molecule has 0 saturated carbocycles. The van der Waals surface area contributed by atoms with Crippen LogP contribution in [0.1, 0.15) is 48.9 Å². The molecule has 0 fully saturated rings. The van der Waals surface area contributed by atoms with Crippen LogP contribution in [0.15, 0.2) is 30.3 Å². The fourth-order valence-corrected chi connectivity index (χ4v) is 3.47. The number of nitrogens with one attached hydrogen (secondary N) is 1. The van der Waals surface area contributed by atoms with E-state index < -0.39 is 0 Å². The lowest BCUT2D eigenvalue weighted by Gasteiger charge is -2.14. The summed E-state index contributed by atoms with van der Waals surface area (Å²) in [5.41, 5.74) is 0.800. The molecule has 0 aliphatic heterocycles. The molecule has 128 valence electrons. The number of benzene rings is 1. The lowest BCUT2D eigenvalue weighted by atomic mass is 10.00. The molecule has 4 nitrogen and oxygen atoms in total. The molecule has 0 bridgehead atoms. The minimum absolute atomic E-state index is 0.0259. The first-order valence-electron chi connectivity index (χ1n) is 7.94. The zero-order chi connectivity index (χ0) is 17.4. The van der Waals surface area contributed by atoms with Crippen LogP contribution in [0.3, 0.4) is 0 Å². The maximum atomic E-state index is 12.7. The van der Waals surface area contributed by atoms with Crippen molar-refractivity contribution in [3.63, 3.8) is 0 Å². The first-order chi connectivity index (χ1) is 11.6. The van der Waals surface area contributed by atoms with E-state index in [1.807, 2.05) is 37.3 Å². The second-order valence-electron chi connectivity index (χ2n) is 5.58. The first kappa shape index (κ1) is 19.0. The van der Waals surface area contributed by atoms with Crippen LogP contribution in [0.25, 0.3) is 0 Å². The number of unbranched alkanes of at least 4 members (excludes halogenated alkanes) is 2. The van der Waals surface area contributed by atoms with Crippen molar-refractivity contribution in [2.45, 2.75) is 44.9 Å². The number of anilines is 1. The van der Waals surface area contributed by atoms with Gasteiger partial charge in [0.05, 0.1) is 5.92 Å². The summed E-state index contributed by atoms with van der Waals surface area (Å²) < 4.78 is 4.96. The van der Waals surface area contributed by atoms with Crippen LogP contribution in [0, 0.1) is 6.92 Å². The second-order valence-corrected chi connectivity index (χ2v) is 7.70. The SMILES string of the molecule is Cc1nsc(C(CCCCCC(=S)S)C(=O)Nc2ccccc2)n1. The van der Waals surface area contributed by atoms with E-state index in [-0.39, 0.29) is 11.8 Å². The van der Waals surface area contributed by atoms with E-state index in [1.54, 1.807) is 0 Å². The van der Waals surface area contributed by atoms with E-state index >= 15 is 0 Å². The molecule has 0 radical (unpaired) electrons. The molecule has 1 aromatic carbocycles. The Morgan fingerprint density at radius 2 is 2.04 bits per heavy atom. The third kappa shape index (κ3) is 6.30. The molecular weight excluding hydrogens is 358 g/mol. The van der Waals surface area contributed by atoms with Gasteiger partial charge in [-0.3, -0.25) is 4.79 Å². The predicted octanol–water partition coefficient (Wildman–Crippen LogP) is 4.78. The average Bonchev–Trinajstić information content (AvgIpc) is 2.97. The van der Waals surface area contributed by atoms with Crippen molar-refractivity contribution in [3.8, 4) is 0 Å². The van der Waals surface area contributed by atoms with Gasteiger partial charge in [-0.05, 0) is 49.9 Å². The van der Waals surface area contributed by atoms with Crippen molar-refractivity contribution in [3.05, 3.63) is 41.2 Å². The molecule has 24 heavy (non-hydrogen) atoms. The Morgan fingerprint density at radius 1 is 1.29 bits per heavy atom. The van der Waals surface area contributed by atoms with Crippen LogP contribution in [0.5, 0.6) is 0 Å². The molecule has 1 unspecified atom stereocenters. The topological polar surface area (TPSA) is 54.9 Å². The van der Waals surface area contributed by atoms with E-state index in [9.17, 15) is 4.79 Å². The zero-order valence-corrected chi connectivity index (χ0v) is 16.1. The Kier molecular flexibility index (Phi) is 7.81. The summed E-state index contributed by atoms with van der Waals surface area (Å²) in [4.78, 5) is 17.1. The normalized spacial score (nSPS) is 11.9. The minimum Gasteiger partial charge on any atom is -0.325 e. The molecule has 1 aromatic heterocycles. The average molecular weight is 380 g/mol. The van der Waals surface area contributed by atoms with Gasteiger partial charge in [-0.2, -0.15) is 4.37 Å². The summed E-state index contributed by atoms with van der Waals surface area (Å²) in [5, 5.41) is 3.76. The molecule has 7 heteroatoms. The third-order valence-electron chi connectivity index (χ3n) is 3.58. The number of carbonyl (C=O) groups excluding carboxylic acids is 1. The second kappa shape index (κ2) is 9.86. The van der Waals surface area contributed by atoms with Gasteiger partial charge < -0.3 is 5.32 Å². The van der Waals surface area contributed by atoms with Crippen molar-refractivity contribution < 1.29 is 4.79 Å². The van der Waals surface area contributed by atoms with Crippen molar-refractivity contribution in [1.29, 1.82) is 0 Å². The monoisotopic (exact) mass is 379 g/mol. The van der Waals surface area contributed by atoms with E-state index in [2.05, 4.69) is 27.3 Å². The molecule has 2 rings (SSSR count). The van der Waals surface area contributed by atoms with Crippen LogP contribution < -0.4 is 5.32 Å². The standard InChI is InChI=1S/C17H21N3OS3/c1-12-18-17(24-20-12)14(10-6-3-7-11-15(22)23)16(21)19-13-8-4-2-5-9-13/h2,4-5,8-9,14H,3,6-7,10-11H2,1H3,(H,19,21)(H,22,23). The van der Waals surface area contributed by atoms with Crippen LogP contribution in [-0.2, 0) is 4.79 Å². The maximum absolute atomic E-state index is 12.7. The van der Waals surface area contributed by atoms with Crippen LogP contribution in [-0.4, -0.2) is 19.5 Å². The van der Waals surface area contributed by atoms with Gasteiger partial charge in [0.1, 0.15) is 10.8 Å². The highest BCUT2D eigenvalue weighted by molar-refractivity contribution is 8.11.